The zero-order chi connectivity index (χ0) is 15.5. The fraction of sp³-hybridized carbons (Fsp3) is 0.471. The smallest absolute Gasteiger partial charge is 0.253 e. The molecule has 0 saturated carbocycles. The highest BCUT2D eigenvalue weighted by atomic mass is 35.5. The summed E-state index contributed by atoms with van der Waals surface area (Å²) in [5, 5.41) is 3.26. The molecule has 1 fully saturated rings. The highest BCUT2D eigenvalue weighted by Crippen LogP contribution is 2.30. The Balaban J connectivity index is 0.00000192. The molecule has 2 heterocycles. The Morgan fingerprint density at radius 3 is 3.00 bits per heavy atom. The number of halogens is 1. The van der Waals surface area contributed by atoms with Gasteiger partial charge in [0.1, 0.15) is 18.1 Å². The third-order valence-corrected chi connectivity index (χ3v) is 4.32. The van der Waals surface area contributed by atoms with E-state index in [0.29, 0.717) is 18.2 Å². The molecule has 2 aliphatic heterocycles. The largest absolute Gasteiger partial charge is 0.497 e. The average Bonchev–Trinajstić information content (AvgIpc) is 2.60. The molecule has 3 rings (SSSR count). The summed E-state index contributed by atoms with van der Waals surface area (Å²) in [6, 6.07) is 6.02. The van der Waals surface area contributed by atoms with E-state index in [1.807, 2.05) is 36.2 Å². The normalized spacial score (nSPS) is 19.8. The monoisotopic (exact) mass is 338 g/mol. The number of nitrogens with zero attached hydrogens (tertiary/aromatic N) is 1. The van der Waals surface area contributed by atoms with E-state index in [9.17, 15) is 4.79 Å². The second-order valence-corrected chi connectivity index (χ2v) is 5.74. The highest BCUT2D eigenvalue weighted by molar-refractivity contribution is 5.99. The van der Waals surface area contributed by atoms with Crippen molar-refractivity contribution in [2.75, 3.05) is 33.9 Å². The second-order valence-electron chi connectivity index (χ2n) is 5.74. The van der Waals surface area contributed by atoms with Crippen molar-refractivity contribution in [3.63, 3.8) is 0 Å². The SMILES string of the molecule is CNC1CCCN(C(=O)C2=Cc3cc(OC)ccc3OC2)C1.Cl. The molecule has 0 bridgehead atoms. The van der Waals surface area contributed by atoms with Crippen molar-refractivity contribution in [1.29, 1.82) is 0 Å². The van der Waals surface area contributed by atoms with Gasteiger partial charge in [0.05, 0.1) is 12.7 Å². The molecule has 2 aliphatic rings. The second kappa shape index (κ2) is 7.70. The maximum absolute atomic E-state index is 12.7. The van der Waals surface area contributed by atoms with Crippen molar-refractivity contribution in [2.24, 2.45) is 0 Å². The summed E-state index contributed by atoms with van der Waals surface area (Å²) in [6.07, 6.45) is 4.08. The predicted molar refractivity (Wildman–Crippen MR) is 92.4 cm³/mol. The number of likely N-dealkylation sites (tertiary alicyclic amines) is 1. The molecule has 6 heteroatoms. The number of nitrogens with one attached hydrogen (secondary N) is 1. The van der Waals surface area contributed by atoms with Gasteiger partial charge in [-0.3, -0.25) is 4.79 Å². The summed E-state index contributed by atoms with van der Waals surface area (Å²) in [7, 11) is 3.58. The van der Waals surface area contributed by atoms with Gasteiger partial charge in [-0.2, -0.15) is 0 Å². The number of amides is 1. The molecule has 1 saturated heterocycles. The van der Waals surface area contributed by atoms with Crippen LogP contribution in [0, 0.1) is 0 Å². The van der Waals surface area contributed by atoms with Crippen molar-refractivity contribution < 1.29 is 14.3 Å². The van der Waals surface area contributed by atoms with Gasteiger partial charge in [-0.25, -0.2) is 0 Å². The Labute approximate surface area is 143 Å². The molecular weight excluding hydrogens is 316 g/mol. The lowest BCUT2D eigenvalue weighted by molar-refractivity contribution is -0.128. The van der Waals surface area contributed by atoms with Crippen molar-refractivity contribution >= 4 is 24.4 Å². The summed E-state index contributed by atoms with van der Waals surface area (Å²) in [5.41, 5.74) is 1.61. The molecule has 1 unspecified atom stereocenters. The Morgan fingerprint density at radius 2 is 2.26 bits per heavy atom. The van der Waals surface area contributed by atoms with Crippen LogP contribution in [0.15, 0.2) is 23.8 Å². The van der Waals surface area contributed by atoms with Crippen LogP contribution in [0.4, 0.5) is 0 Å². The summed E-state index contributed by atoms with van der Waals surface area (Å²) in [4.78, 5) is 14.6. The summed E-state index contributed by atoms with van der Waals surface area (Å²) < 4.78 is 10.9. The lowest BCUT2D eigenvalue weighted by Crippen LogP contribution is -2.47. The van der Waals surface area contributed by atoms with Crippen LogP contribution in [0.5, 0.6) is 11.5 Å². The third kappa shape index (κ3) is 3.79. The molecule has 0 aromatic heterocycles. The van der Waals surface area contributed by atoms with Crippen LogP contribution in [-0.4, -0.2) is 50.7 Å². The Bertz CT molecular complexity index is 604. The molecule has 0 radical (unpaired) electrons. The fourth-order valence-electron chi connectivity index (χ4n) is 3.01. The van der Waals surface area contributed by atoms with E-state index in [2.05, 4.69) is 5.32 Å². The van der Waals surface area contributed by atoms with Crippen LogP contribution >= 0.6 is 12.4 Å². The Morgan fingerprint density at radius 1 is 1.43 bits per heavy atom. The molecule has 1 N–H and O–H groups in total. The molecule has 1 atom stereocenters. The van der Waals surface area contributed by atoms with Crippen LogP contribution in [0.2, 0.25) is 0 Å². The van der Waals surface area contributed by atoms with E-state index in [0.717, 1.165) is 43.0 Å². The maximum Gasteiger partial charge on any atom is 0.253 e. The number of methoxy groups -OCH3 is 1. The standard InChI is InChI=1S/C17H22N2O3.ClH/c1-18-14-4-3-7-19(10-14)17(20)13-8-12-9-15(21-2)5-6-16(12)22-11-13;/h5-6,8-9,14,18H,3-4,7,10-11H2,1-2H3;1H. The summed E-state index contributed by atoms with van der Waals surface area (Å²) >= 11 is 0. The van der Waals surface area contributed by atoms with Crippen LogP contribution in [-0.2, 0) is 4.79 Å². The molecule has 0 spiro atoms. The number of rotatable bonds is 3. The summed E-state index contributed by atoms with van der Waals surface area (Å²) in [5.74, 6) is 1.64. The van der Waals surface area contributed by atoms with Gasteiger partial charge in [-0.15, -0.1) is 12.4 Å². The first kappa shape index (κ1) is 17.6. The van der Waals surface area contributed by atoms with Crippen molar-refractivity contribution in [1.82, 2.24) is 10.2 Å². The van der Waals surface area contributed by atoms with E-state index in [-0.39, 0.29) is 18.3 Å². The first-order valence-corrected chi connectivity index (χ1v) is 7.69. The third-order valence-electron chi connectivity index (χ3n) is 4.32. The van der Waals surface area contributed by atoms with Crippen LogP contribution in [0.25, 0.3) is 6.08 Å². The van der Waals surface area contributed by atoms with Gasteiger partial charge in [0, 0.05) is 24.7 Å². The zero-order valence-corrected chi connectivity index (χ0v) is 14.3. The molecular formula is C17H23ClN2O3. The molecule has 5 nitrogen and oxygen atoms in total. The van der Waals surface area contributed by atoms with Crippen molar-refractivity contribution in [2.45, 2.75) is 18.9 Å². The van der Waals surface area contributed by atoms with Gasteiger partial charge in [0.2, 0.25) is 0 Å². The van der Waals surface area contributed by atoms with Crippen molar-refractivity contribution in [3.05, 3.63) is 29.3 Å². The fourth-order valence-corrected chi connectivity index (χ4v) is 3.01. The molecule has 1 aromatic rings. The minimum Gasteiger partial charge on any atom is -0.497 e. The lowest BCUT2D eigenvalue weighted by atomic mass is 10.0. The summed E-state index contributed by atoms with van der Waals surface area (Å²) in [6.45, 7) is 1.91. The topological polar surface area (TPSA) is 50.8 Å². The minimum atomic E-state index is 0. The molecule has 1 amide bonds. The molecule has 0 aliphatic carbocycles. The van der Waals surface area contributed by atoms with E-state index in [1.54, 1.807) is 7.11 Å². The number of likely N-dealkylation sites (N-methyl/N-ethyl adjacent to an activating group) is 1. The van der Waals surface area contributed by atoms with E-state index in [4.69, 9.17) is 9.47 Å². The molecule has 1 aromatic carbocycles. The lowest BCUT2D eigenvalue weighted by Gasteiger charge is -2.33. The molecule has 23 heavy (non-hydrogen) atoms. The number of hydrogen-bond acceptors (Lipinski definition) is 4. The predicted octanol–water partition coefficient (Wildman–Crippen LogP) is 2.10. The maximum atomic E-state index is 12.7. The van der Waals surface area contributed by atoms with Gasteiger partial charge in [0.15, 0.2) is 0 Å². The van der Waals surface area contributed by atoms with Gasteiger partial charge < -0.3 is 19.7 Å². The number of hydrogen-bond donors (Lipinski definition) is 1. The van der Waals surface area contributed by atoms with Crippen LogP contribution in [0.1, 0.15) is 18.4 Å². The minimum absolute atomic E-state index is 0. The average molecular weight is 339 g/mol. The Hall–Kier alpha value is -1.72. The Kier molecular flexibility index (Phi) is 5.91. The van der Waals surface area contributed by atoms with Gasteiger partial charge in [0.25, 0.3) is 5.91 Å². The van der Waals surface area contributed by atoms with Crippen molar-refractivity contribution in [3.8, 4) is 11.5 Å². The van der Waals surface area contributed by atoms with Gasteiger partial charge in [-0.05, 0) is 44.2 Å². The van der Waals surface area contributed by atoms with Crippen LogP contribution < -0.4 is 14.8 Å². The number of ether oxygens (including phenoxy) is 2. The van der Waals surface area contributed by atoms with Gasteiger partial charge in [-0.1, -0.05) is 0 Å². The van der Waals surface area contributed by atoms with E-state index in [1.165, 1.54) is 0 Å². The molecule has 126 valence electrons. The van der Waals surface area contributed by atoms with E-state index >= 15 is 0 Å². The highest BCUT2D eigenvalue weighted by Gasteiger charge is 2.26. The van der Waals surface area contributed by atoms with E-state index < -0.39 is 0 Å². The number of piperidine rings is 1. The number of carbonyl (C=O) groups excluding carboxylic acids is 1. The number of carbonyl (C=O) groups is 1. The number of benzene rings is 1. The van der Waals surface area contributed by atoms with Gasteiger partial charge >= 0.3 is 0 Å². The van der Waals surface area contributed by atoms with Crippen LogP contribution in [0.3, 0.4) is 0 Å². The zero-order valence-electron chi connectivity index (χ0n) is 13.5. The first-order valence-electron chi connectivity index (χ1n) is 7.69. The quantitative estimate of drug-likeness (QED) is 0.917. The first-order chi connectivity index (χ1) is 10.7. The number of fused-ring (bicyclic) bond motifs is 1.